The Morgan fingerprint density at radius 2 is 2.27 bits per heavy atom. The molecule has 0 rings (SSSR count). The minimum atomic E-state index is -0.933. The Kier molecular flexibility index (Phi) is 7.05. The second-order valence-electron chi connectivity index (χ2n) is 3.11. The van der Waals surface area contributed by atoms with Gasteiger partial charge in [0.05, 0.1) is 6.42 Å². The first-order valence-electron chi connectivity index (χ1n) is 4.86. The van der Waals surface area contributed by atoms with Crippen LogP contribution >= 0.6 is 0 Å². The monoisotopic (exact) mass is 215 g/mol. The SMILES string of the molecule is C=CCOC(=O)N[C@H](CCC)CC(=O)O. The van der Waals surface area contributed by atoms with E-state index in [0.717, 1.165) is 6.42 Å². The first kappa shape index (κ1) is 13.5. The van der Waals surface area contributed by atoms with Crippen LogP contribution in [0.3, 0.4) is 0 Å². The van der Waals surface area contributed by atoms with Crippen LogP contribution in [0.25, 0.3) is 0 Å². The summed E-state index contributed by atoms with van der Waals surface area (Å²) in [6, 6.07) is -0.371. The summed E-state index contributed by atoms with van der Waals surface area (Å²) in [5.74, 6) is -0.933. The van der Waals surface area contributed by atoms with Crippen LogP contribution in [0.1, 0.15) is 26.2 Å². The zero-order valence-corrected chi connectivity index (χ0v) is 8.86. The molecule has 0 saturated heterocycles. The Labute approximate surface area is 89.1 Å². The van der Waals surface area contributed by atoms with E-state index in [9.17, 15) is 9.59 Å². The van der Waals surface area contributed by atoms with E-state index in [0.29, 0.717) is 6.42 Å². The first-order valence-corrected chi connectivity index (χ1v) is 4.86. The first-order chi connectivity index (χ1) is 7.10. The minimum Gasteiger partial charge on any atom is -0.481 e. The van der Waals surface area contributed by atoms with Crippen LogP contribution in [0, 0.1) is 0 Å². The largest absolute Gasteiger partial charge is 0.481 e. The number of amides is 1. The molecule has 15 heavy (non-hydrogen) atoms. The van der Waals surface area contributed by atoms with Gasteiger partial charge >= 0.3 is 12.1 Å². The Morgan fingerprint density at radius 1 is 1.60 bits per heavy atom. The molecule has 1 amide bonds. The lowest BCUT2D eigenvalue weighted by Gasteiger charge is -2.15. The average Bonchev–Trinajstić information content (AvgIpc) is 2.14. The molecule has 86 valence electrons. The fourth-order valence-corrected chi connectivity index (χ4v) is 1.13. The predicted molar refractivity (Wildman–Crippen MR) is 55.6 cm³/mol. The van der Waals surface area contributed by atoms with Crippen LogP contribution in [0.2, 0.25) is 0 Å². The number of carbonyl (C=O) groups excluding carboxylic acids is 1. The summed E-state index contributed by atoms with van der Waals surface area (Å²) in [5.41, 5.74) is 0. The van der Waals surface area contributed by atoms with Crippen molar-refractivity contribution in [1.82, 2.24) is 5.32 Å². The number of hydrogen-bond acceptors (Lipinski definition) is 3. The van der Waals surface area contributed by atoms with Crippen LogP contribution in [-0.4, -0.2) is 29.8 Å². The third-order valence-corrected chi connectivity index (χ3v) is 1.71. The van der Waals surface area contributed by atoms with E-state index in [1.807, 2.05) is 6.92 Å². The molecule has 2 N–H and O–H groups in total. The van der Waals surface area contributed by atoms with E-state index in [2.05, 4.69) is 16.6 Å². The van der Waals surface area contributed by atoms with Crippen molar-refractivity contribution < 1.29 is 19.4 Å². The Hall–Kier alpha value is -1.52. The maximum absolute atomic E-state index is 11.1. The van der Waals surface area contributed by atoms with Crippen LogP contribution in [0.4, 0.5) is 4.79 Å². The summed E-state index contributed by atoms with van der Waals surface area (Å²) < 4.78 is 4.69. The molecule has 0 aromatic heterocycles. The molecule has 0 aliphatic heterocycles. The van der Waals surface area contributed by atoms with Gasteiger partial charge < -0.3 is 15.2 Å². The number of hydrogen-bond donors (Lipinski definition) is 2. The van der Waals surface area contributed by atoms with E-state index < -0.39 is 12.1 Å². The number of alkyl carbamates (subject to hydrolysis) is 1. The van der Waals surface area contributed by atoms with Gasteiger partial charge in [0.2, 0.25) is 0 Å². The molecule has 0 unspecified atom stereocenters. The highest BCUT2D eigenvalue weighted by Crippen LogP contribution is 2.02. The Morgan fingerprint density at radius 3 is 2.73 bits per heavy atom. The molecule has 0 fully saturated rings. The lowest BCUT2D eigenvalue weighted by Crippen LogP contribution is -2.36. The highest BCUT2D eigenvalue weighted by Gasteiger charge is 2.15. The van der Waals surface area contributed by atoms with Crippen molar-refractivity contribution in [2.75, 3.05) is 6.61 Å². The summed E-state index contributed by atoms with van der Waals surface area (Å²) in [4.78, 5) is 21.6. The van der Waals surface area contributed by atoms with Gasteiger partial charge in [-0.25, -0.2) is 4.79 Å². The zero-order chi connectivity index (χ0) is 11.7. The van der Waals surface area contributed by atoms with E-state index in [-0.39, 0.29) is 19.1 Å². The van der Waals surface area contributed by atoms with Crippen LogP contribution in [-0.2, 0) is 9.53 Å². The molecule has 0 spiro atoms. The van der Waals surface area contributed by atoms with Gasteiger partial charge in [-0.15, -0.1) is 0 Å². The quantitative estimate of drug-likeness (QED) is 0.632. The van der Waals surface area contributed by atoms with Gasteiger partial charge in [0.1, 0.15) is 6.61 Å². The summed E-state index contributed by atoms with van der Waals surface area (Å²) in [7, 11) is 0. The normalized spacial score (nSPS) is 11.5. The summed E-state index contributed by atoms with van der Waals surface area (Å²) in [6.45, 7) is 5.44. The van der Waals surface area contributed by atoms with E-state index >= 15 is 0 Å². The molecule has 1 atom stereocenters. The number of rotatable bonds is 7. The molecular weight excluding hydrogens is 198 g/mol. The highest BCUT2D eigenvalue weighted by atomic mass is 16.5. The molecule has 0 saturated carbocycles. The highest BCUT2D eigenvalue weighted by molar-refractivity contribution is 5.71. The van der Waals surface area contributed by atoms with Crippen molar-refractivity contribution in [3.63, 3.8) is 0 Å². The predicted octanol–water partition coefficient (Wildman–Crippen LogP) is 1.54. The van der Waals surface area contributed by atoms with Gasteiger partial charge in [-0.1, -0.05) is 26.0 Å². The third-order valence-electron chi connectivity index (χ3n) is 1.71. The summed E-state index contributed by atoms with van der Waals surface area (Å²) in [6.07, 6.45) is 2.19. The molecule has 0 aliphatic carbocycles. The van der Waals surface area contributed by atoms with Gasteiger partial charge in [0.15, 0.2) is 0 Å². The molecule has 0 bridgehead atoms. The summed E-state index contributed by atoms with van der Waals surface area (Å²) >= 11 is 0. The fraction of sp³-hybridized carbons (Fsp3) is 0.600. The number of carboxylic acid groups (broad SMARTS) is 1. The van der Waals surface area contributed by atoms with Gasteiger partial charge in [-0.3, -0.25) is 4.79 Å². The number of carbonyl (C=O) groups is 2. The minimum absolute atomic E-state index is 0.0863. The molecule has 0 aromatic rings. The number of nitrogens with one attached hydrogen (secondary N) is 1. The number of aliphatic carboxylic acids is 1. The van der Waals surface area contributed by atoms with Crippen LogP contribution in [0.5, 0.6) is 0 Å². The summed E-state index contributed by atoms with van der Waals surface area (Å²) in [5, 5.41) is 11.1. The molecule has 0 aliphatic rings. The molecular formula is C10H17NO4. The second-order valence-corrected chi connectivity index (χ2v) is 3.11. The molecule has 5 heteroatoms. The lowest BCUT2D eigenvalue weighted by molar-refractivity contribution is -0.137. The Bertz CT molecular complexity index is 227. The van der Waals surface area contributed by atoms with Crippen LogP contribution in [0.15, 0.2) is 12.7 Å². The lowest BCUT2D eigenvalue weighted by atomic mass is 10.1. The topological polar surface area (TPSA) is 75.6 Å². The van der Waals surface area contributed by atoms with Crippen LogP contribution < -0.4 is 5.32 Å². The van der Waals surface area contributed by atoms with Crippen molar-refractivity contribution in [3.8, 4) is 0 Å². The molecule has 5 nitrogen and oxygen atoms in total. The fourth-order valence-electron chi connectivity index (χ4n) is 1.13. The van der Waals surface area contributed by atoms with E-state index in [1.165, 1.54) is 6.08 Å². The van der Waals surface area contributed by atoms with Gasteiger partial charge in [-0.05, 0) is 6.42 Å². The maximum Gasteiger partial charge on any atom is 0.407 e. The van der Waals surface area contributed by atoms with Crippen molar-refractivity contribution in [3.05, 3.63) is 12.7 Å². The van der Waals surface area contributed by atoms with E-state index in [4.69, 9.17) is 5.11 Å². The molecule has 0 aromatic carbocycles. The average molecular weight is 215 g/mol. The maximum atomic E-state index is 11.1. The van der Waals surface area contributed by atoms with Gasteiger partial charge in [0, 0.05) is 6.04 Å². The number of ether oxygens (including phenoxy) is 1. The third kappa shape index (κ3) is 7.54. The smallest absolute Gasteiger partial charge is 0.407 e. The Balaban J connectivity index is 3.97. The molecule has 0 radical (unpaired) electrons. The molecule has 0 heterocycles. The van der Waals surface area contributed by atoms with Gasteiger partial charge in [-0.2, -0.15) is 0 Å². The zero-order valence-electron chi connectivity index (χ0n) is 8.86. The standard InChI is InChI=1S/C10H17NO4/c1-3-5-8(7-9(12)13)11-10(14)15-6-4-2/h4,8H,2-3,5-7H2,1H3,(H,11,14)(H,12,13)/t8-/m1/s1. The second kappa shape index (κ2) is 7.84. The van der Waals surface area contributed by atoms with Crippen molar-refractivity contribution >= 4 is 12.1 Å². The van der Waals surface area contributed by atoms with Crippen molar-refractivity contribution in [1.29, 1.82) is 0 Å². The van der Waals surface area contributed by atoms with E-state index in [1.54, 1.807) is 0 Å². The van der Waals surface area contributed by atoms with Crippen molar-refractivity contribution in [2.45, 2.75) is 32.2 Å². The van der Waals surface area contributed by atoms with Gasteiger partial charge in [0.25, 0.3) is 0 Å². The van der Waals surface area contributed by atoms with Crippen molar-refractivity contribution in [2.24, 2.45) is 0 Å². The number of carboxylic acids is 1.